The van der Waals surface area contributed by atoms with Gasteiger partial charge in [0.1, 0.15) is 0 Å². The molecule has 0 aliphatic rings. The van der Waals surface area contributed by atoms with Crippen LogP contribution in [0, 0.1) is 0 Å². The average molecular weight is 415 g/mol. The lowest BCUT2D eigenvalue weighted by Crippen LogP contribution is -2.34. The number of amides is 1. The number of fused-ring (bicyclic) bond motifs is 1. The van der Waals surface area contributed by atoms with Crippen molar-refractivity contribution in [2.24, 2.45) is 0 Å². The molecule has 154 valence electrons. The molecule has 0 spiro atoms. The van der Waals surface area contributed by atoms with E-state index in [4.69, 9.17) is 21.3 Å². The molecule has 0 aliphatic carbocycles. The van der Waals surface area contributed by atoms with Crippen LogP contribution < -0.4 is 4.74 Å². The van der Waals surface area contributed by atoms with E-state index in [1.54, 1.807) is 10.6 Å². The van der Waals surface area contributed by atoms with Crippen LogP contribution in [-0.2, 0) is 11.2 Å². The fourth-order valence-electron chi connectivity index (χ4n) is 3.34. The second kappa shape index (κ2) is 9.74. The van der Waals surface area contributed by atoms with E-state index in [1.165, 1.54) is 0 Å². The third-order valence-corrected chi connectivity index (χ3v) is 4.87. The lowest BCUT2D eigenvalue weighted by atomic mass is 10.1. The minimum absolute atomic E-state index is 0.0781. The van der Waals surface area contributed by atoms with E-state index in [1.807, 2.05) is 42.2 Å². The quantitative estimate of drug-likeness (QED) is 0.511. The highest BCUT2D eigenvalue weighted by atomic mass is 35.5. The van der Waals surface area contributed by atoms with Gasteiger partial charge in [0.05, 0.1) is 24.4 Å². The summed E-state index contributed by atoms with van der Waals surface area (Å²) < 4.78 is 7.28. The normalized spacial score (nSPS) is 11.0. The van der Waals surface area contributed by atoms with Crippen molar-refractivity contribution >= 4 is 23.2 Å². The molecule has 3 rings (SSSR count). The standard InChI is InChI=1S/C22H27ClN4O2/c1-4-13-26(14-5-2)21(28)15-18-22(16-7-9-17(23)10-8-16)24-19-11-12-20(29-6-3)25-27(18)19/h7-12H,4-6,13-15H2,1-3H3. The Morgan fingerprint density at radius 3 is 2.38 bits per heavy atom. The molecule has 3 aromatic rings. The van der Waals surface area contributed by atoms with Gasteiger partial charge in [0.2, 0.25) is 11.8 Å². The number of rotatable bonds is 9. The molecule has 7 heteroatoms. The lowest BCUT2D eigenvalue weighted by molar-refractivity contribution is -0.130. The molecule has 2 aromatic heterocycles. The van der Waals surface area contributed by atoms with Crippen molar-refractivity contribution < 1.29 is 9.53 Å². The Morgan fingerprint density at radius 2 is 1.76 bits per heavy atom. The van der Waals surface area contributed by atoms with E-state index in [9.17, 15) is 4.79 Å². The highest BCUT2D eigenvalue weighted by Crippen LogP contribution is 2.27. The highest BCUT2D eigenvalue weighted by Gasteiger charge is 2.21. The minimum Gasteiger partial charge on any atom is -0.477 e. The number of carbonyl (C=O) groups excluding carboxylic acids is 1. The van der Waals surface area contributed by atoms with Crippen molar-refractivity contribution in [1.29, 1.82) is 0 Å². The molecule has 0 saturated carbocycles. The Morgan fingerprint density at radius 1 is 1.07 bits per heavy atom. The van der Waals surface area contributed by atoms with Crippen LogP contribution in [0.3, 0.4) is 0 Å². The number of carbonyl (C=O) groups is 1. The number of hydrogen-bond donors (Lipinski definition) is 0. The van der Waals surface area contributed by atoms with E-state index >= 15 is 0 Å². The van der Waals surface area contributed by atoms with E-state index in [2.05, 4.69) is 18.9 Å². The number of aromatic nitrogens is 3. The molecule has 6 nitrogen and oxygen atoms in total. The van der Waals surface area contributed by atoms with E-state index in [-0.39, 0.29) is 12.3 Å². The Kier molecular flexibility index (Phi) is 7.09. The van der Waals surface area contributed by atoms with E-state index < -0.39 is 0 Å². The van der Waals surface area contributed by atoms with Gasteiger partial charge >= 0.3 is 0 Å². The molecule has 0 radical (unpaired) electrons. The predicted octanol–water partition coefficient (Wildman–Crippen LogP) is 4.64. The second-order valence-corrected chi connectivity index (χ2v) is 7.28. The Labute approximate surface area is 176 Å². The number of hydrogen-bond acceptors (Lipinski definition) is 4. The van der Waals surface area contributed by atoms with Crippen molar-refractivity contribution in [1.82, 2.24) is 19.5 Å². The van der Waals surface area contributed by atoms with Gasteiger partial charge in [-0.2, -0.15) is 0 Å². The summed E-state index contributed by atoms with van der Waals surface area (Å²) in [5.41, 5.74) is 3.08. The molecule has 0 unspecified atom stereocenters. The summed E-state index contributed by atoms with van der Waals surface area (Å²) in [5, 5.41) is 5.22. The van der Waals surface area contributed by atoms with Crippen molar-refractivity contribution in [3.05, 3.63) is 47.1 Å². The summed E-state index contributed by atoms with van der Waals surface area (Å²) >= 11 is 6.05. The fraction of sp³-hybridized carbons (Fsp3) is 0.409. The maximum Gasteiger partial charge on any atom is 0.231 e. The fourth-order valence-corrected chi connectivity index (χ4v) is 3.47. The molecule has 29 heavy (non-hydrogen) atoms. The molecular weight excluding hydrogens is 388 g/mol. The van der Waals surface area contributed by atoms with Gasteiger partial charge < -0.3 is 9.64 Å². The van der Waals surface area contributed by atoms with E-state index in [0.29, 0.717) is 23.2 Å². The zero-order valence-electron chi connectivity index (χ0n) is 17.2. The Balaban J connectivity index is 2.07. The van der Waals surface area contributed by atoms with Crippen LogP contribution >= 0.6 is 11.6 Å². The van der Waals surface area contributed by atoms with Crippen LogP contribution in [0.5, 0.6) is 5.88 Å². The number of nitrogens with zero attached hydrogens (tertiary/aromatic N) is 4. The molecule has 0 aliphatic heterocycles. The zero-order valence-corrected chi connectivity index (χ0v) is 17.9. The summed E-state index contributed by atoms with van der Waals surface area (Å²) in [5.74, 6) is 0.585. The molecule has 1 amide bonds. The maximum atomic E-state index is 13.1. The first-order valence-electron chi connectivity index (χ1n) is 10.1. The first-order valence-corrected chi connectivity index (χ1v) is 10.5. The summed E-state index contributed by atoms with van der Waals surface area (Å²) in [4.78, 5) is 19.8. The first-order chi connectivity index (χ1) is 14.1. The second-order valence-electron chi connectivity index (χ2n) is 6.85. The number of benzene rings is 1. The molecule has 2 heterocycles. The zero-order chi connectivity index (χ0) is 20.8. The third-order valence-electron chi connectivity index (χ3n) is 4.61. The van der Waals surface area contributed by atoms with Gasteiger partial charge in [-0.1, -0.05) is 37.6 Å². The molecule has 0 N–H and O–H groups in total. The van der Waals surface area contributed by atoms with Crippen LogP contribution in [0.2, 0.25) is 5.02 Å². The van der Waals surface area contributed by atoms with Crippen molar-refractivity contribution in [3.8, 4) is 17.1 Å². The highest BCUT2D eigenvalue weighted by molar-refractivity contribution is 6.30. The van der Waals surface area contributed by atoms with E-state index in [0.717, 1.165) is 42.9 Å². The third kappa shape index (κ3) is 4.88. The van der Waals surface area contributed by atoms with Crippen molar-refractivity contribution in [2.45, 2.75) is 40.0 Å². The van der Waals surface area contributed by atoms with Gasteiger partial charge in [-0.05, 0) is 38.0 Å². The molecule has 1 aromatic carbocycles. The molecule has 0 bridgehead atoms. The average Bonchev–Trinajstić information content (AvgIpc) is 3.06. The first kappa shape index (κ1) is 21.1. The number of ether oxygens (including phenoxy) is 1. The van der Waals surface area contributed by atoms with Crippen molar-refractivity contribution in [3.63, 3.8) is 0 Å². The maximum absolute atomic E-state index is 13.1. The SMILES string of the molecule is CCCN(CCC)C(=O)Cc1c(-c2ccc(Cl)cc2)nc2ccc(OCC)nn12. The lowest BCUT2D eigenvalue weighted by Gasteiger charge is -2.21. The number of halogens is 1. The van der Waals surface area contributed by atoms with Crippen LogP contribution in [0.25, 0.3) is 16.9 Å². The van der Waals surface area contributed by atoms with Gasteiger partial charge in [0.15, 0.2) is 5.65 Å². The predicted molar refractivity (Wildman–Crippen MR) is 115 cm³/mol. The van der Waals surface area contributed by atoms with Gasteiger partial charge in [0.25, 0.3) is 0 Å². The Hall–Kier alpha value is -2.60. The molecule has 0 atom stereocenters. The molecule has 0 fully saturated rings. The monoisotopic (exact) mass is 414 g/mol. The van der Waals surface area contributed by atoms with Crippen LogP contribution in [-0.4, -0.2) is 45.1 Å². The van der Waals surface area contributed by atoms with Crippen molar-refractivity contribution in [2.75, 3.05) is 19.7 Å². The van der Waals surface area contributed by atoms with Gasteiger partial charge in [-0.15, -0.1) is 5.10 Å². The smallest absolute Gasteiger partial charge is 0.231 e. The van der Waals surface area contributed by atoms with Gasteiger partial charge in [-0.25, -0.2) is 9.50 Å². The number of imidazole rings is 1. The van der Waals surface area contributed by atoms with Crippen LogP contribution in [0.15, 0.2) is 36.4 Å². The molecule has 0 saturated heterocycles. The largest absolute Gasteiger partial charge is 0.477 e. The Bertz CT molecular complexity index is 963. The summed E-state index contributed by atoms with van der Waals surface area (Å²) in [7, 11) is 0. The molecular formula is C22H27ClN4O2. The van der Waals surface area contributed by atoms with Crippen LogP contribution in [0.4, 0.5) is 0 Å². The topological polar surface area (TPSA) is 59.7 Å². The summed E-state index contributed by atoms with van der Waals surface area (Å²) in [6, 6.07) is 11.1. The summed E-state index contributed by atoms with van der Waals surface area (Å²) in [6.07, 6.45) is 2.08. The minimum atomic E-state index is 0.0781. The van der Waals surface area contributed by atoms with Gasteiger partial charge in [-0.3, -0.25) is 4.79 Å². The summed E-state index contributed by atoms with van der Waals surface area (Å²) in [6.45, 7) is 8.09. The van der Waals surface area contributed by atoms with Gasteiger partial charge in [0, 0.05) is 29.7 Å². The van der Waals surface area contributed by atoms with Crippen LogP contribution in [0.1, 0.15) is 39.3 Å².